The van der Waals surface area contributed by atoms with Crippen molar-refractivity contribution in [2.45, 2.75) is 12.3 Å². The van der Waals surface area contributed by atoms with Gasteiger partial charge in [0, 0.05) is 23.6 Å². The largest absolute Gasteiger partial charge is 0.299 e. The second-order valence-electron chi connectivity index (χ2n) is 2.38. The smallest absolute Gasteiger partial charge is 0.205 e. The van der Waals surface area contributed by atoms with Gasteiger partial charge in [-0.05, 0) is 0 Å². The van der Waals surface area contributed by atoms with Crippen molar-refractivity contribution in [3.8, 4) is 0 Å². The highest BCUT2D eigenvalue weighted by Gasteiger charge is 2.42. The third kappa shape index (κ3) is 2.25. The zero-order valence-corrected chi connectivity index (χ0v) is 7.00. The van der Waals surface area contributed by atoms with Crippen LogP contribution >= 0.6 is 10.7 Å². The predicted octanol–water partition coefficient (Wildman–Crippen LogP) is 0.811. The Morgan fingerprint density at radius 1 is 1.45 bits per heavy atom. The Hall–Kier alpha value is 0.0600. The van der Waals surface area contributed by atoms with E-state index in [9.17, 15) is 17.2 Å². The first-order valence-electron chi connectivity index (χ1n) is 2.89. The Morgan fingerprint density at radius 3 is 2.18 bits per heavy atom. The van der Waals surface area contributed by atoms with E-state index in [-0.39, 0.29) is 6.54 Å². The Bertz CT molecular complexity index is 253. The van der Waals surface area contributed by atoms with E-state index in [1.54, 1.807) is 0 Å². The molecule has 3 nitrogen and oxygen atoms in total. The van der Waals surface area contributed by atoms with Gasteiger partial charge in [-0.2, -0.15) is 12.7 Å². The Balaban J connectivity index is 2.71. The van der Waals surface area contributed by atoms with Crippen LogP contribution in [0.5, 0.6) is 0 Å². The highest BCUT2D eigenvalue weighted by molar-refractivity contribution is 8.11. The van der Waals surface area contributed by atoms with Gasteiger partial charge in [0.1, 0.15) is 0 Å². The average Bonchev–Trinajstić information content (AvgIpc) is 2.07. The number of halogens is 3. The monoisotopic (exact) mass is 205 g/mol. The van der Waals surface area contributed by atoms with Crippen LogP contribution in [0.4, 0.5) is 8.78 Å². The molecule has 1 aliphatic rings. The van der Waals surface area contributed by atoms with Crippen LogP contribution in [0.1, 0.15) is 6.42 Å². The lowest BCUT2D eigenvalue weighted by molar-refractivity contribution is 0.0185. The highest BCUT2D eigenvalue weighted by atomic mass is 35.7. The standard InChI is InChI=1S/C4H6ClF2NO2S/c5-11(9,10)8-2-1-4(6,7)3-8/h1-3H2. The fraction of sp³-hybridized carbons (Fsp3) is 1.00. The number of alkyl halides is 2. The van der Waals surface area contributed by atoms with Crippen LogP contribution in [0.3, 0.4) is 0 Å². The van der Waals surface area contributed by atoms with Crippen molar-refractivity contribution >= 4 is 19.9 Å². The number of rotatable bonds is 1. The maximum Gasteiger partial charge on any atom is 0.299 e. The van der Waals surface area contributed by atoms with Gasteiger partial charge in [-0.3, -0.25) is 0 Å². The van der Waals surface area contributed by atoms with E-state index in [2.05, 4.69) is 0 Å². The summed E-state index contributed by atoms with van der Waals surface area (Å²) in [5.41, 5.74) is 0. The summed E-state index contributed by atoms with van der Waals surface area (Å²) in [7, 11) is 0.884. The van der Waals surface area contributed by atoms with E-state index in [1.807, 2.05) is 0 Å². The zero-order chi connectivity index (χ0) is 8.70. The van der Waals surface area contributed by atoms with Crippen molar-refractivity contribution in [2.75, 3.05) is 13.1 Å². The maximum atomic E-state index is 12.4. The van der Waals surface area contributed by atoms with E-state index in [0.717, 1.165) is 0 Å². The molecule has 0 aliphatic carbocycles. The van der Waals surface area contributed by atoms with E-state index >= 15 is 0 Å². The second kappa shape index (κ2) is 2.53. The molecule has 7 heteroatoms. The first-order valence-corrected chi connectivity index (χ1v) is 5.15. The molecule has 1 aliphatic heterocycles. The third-order valence-corrected chi connectivity index (χ3v) is 2.96. The Kier molecular flexibility index (Phi) is 2.11. The van der Waals surface area contributed by atoms with Gasteiger partial charge < -0.3 is 0 Å². The summed E-state index contributed by atoms with van der Waals surface area (Å²) in [5, 5.41) is 0. The molecule has 0 aromatic heterocycles. The van der Waals surface area contributed by atoms with Gasteiger partial charge in [-0.25, -0.2) is 8.78 Å². The normalized spacial score (nSPS) is 25.7. The molecular formula is C4H6ClF2NO2S. The molecule has 0 atom stereocenters. The van der Waals surface area contributed by atoms with Gasteiger partial charge in [-0.15, -0.1) is 0 Å². The van der Waals surface area contributed by atoms with Gasteiger partial charge in [0.05, 0.1) is 6.54 Å². The first kappa shape index (κ1) is 9.15. The lowest BCUT2D eigenvalue weighted by Gasteiger charge is -2.09. The van der Waals surface area contributed by atoms with Gasteiger partial charge in [0.2, 0.25) is 0 Å². The lowest BCUT2D eigenvalue weighted by atomic mass is 10.3. The SMILES string of the molecule is O=S(=O)(Cl)N1CCC(F)(F)C1. The van der Waals surface area contributed by atoms with Crippen molar-refractivity contribution in [3.05, 3.63) is 0 Å². The van der Waals surface area contributed by atoms with E-state index in [0.29, 0.717) is 4.31 Å². The molecule has 0 aromatic rings. The molecule has 0 spiro atoms. The van der Waals surface area contributed by atoms with Crippen molar-refractivity contribution in [1.82, 2.24) is 4.31 Å². The topological polar surface area (TPSA) is 37.4 Å². The van der Waals surface area contributed by atoms with E-state index < -0.39 is 28.1 Å². The highest BCUT2D eigenvalue weighted by Crippen LogP contribution is 2.29. The van der Waals surface area contributed by atoms with E-state index in [4.69, 9.17) is 10.7 Å². The lowest BCUT2D eigenvalue weighted by Crippen LogP contribution is -2.27. The molecule has 1 rings (SSSR count). The zero-order valence-electron chi connectivity index (χ0n) is 5.43. The number of hydrogen-bond donors (Lipinski definition) is 0. The molecule has 1 heterocycles. The van der Waals surface area contributed by atoms with Crippen molar-refractivity contribution in [1.29, 1.82) is 0 Å². The van der Waals surface area contributed by atoms with Crippen molar-refractivity contribution in [3.63, 3.8) is 0 Å². The Morgan fingerprint density at radius 2 is 2.00 bits per heavy atom. The van der Waals surface area contributed by atoms with Crippen LogP contribution in [0.15, 0.2) is 0 Å². The fourth-order valence-corrected chi connectivity index (χ4v) is 1.90. The molecule has 0 N–H and O–H groups in total. The van der Waals surface area contributed by atoms with Crippen LogP contribution in [0.25, 0.3) is 0 Å². The molecule has 0 bridgehead atoms. The molecular weight excluding hydrogens is 200 g/mol. The van der Waals surface area contributed by atoms with Crippen LogP contribution in [0.2, 0.25) is 0 Å². The minimum atomic E-state index is -3.95. The minimum Gasteiger partial charge on any atom is -0.205 e. The molecule has 0 aromatic carbocycles. The molecule has 0 saturated carbocycles. The van der Waals surface area contributed by atoms with Crippen LogP contribution in [0, 0.1) is 0 Å². The molecule has 1 saturated heterocycles. The van der Waals surface area contributed by atoms with Gasteiger partial charge in [0.25, 0.3) is 15.2 Å². The Labute approximate surface area is 67.5 Å². The summed E-state index contributed by atoms with van der Waals surface area (Å²) in [6.45, 7) is -0.988. The molecule has 11 heavy (non-hydrogen) atoms. The van der Waals surface area contributed by atoms with Crippen molar-refractivity contribution in [2.24, 2.45) is 0 Å². The third-order valence-electron chi connectivity index (χ3n) is 1.44. The fourth-order valence-electron chi connectivity index (χ4n) is 0.891. The summed E-state index contributed by atoms with van der Waals surface area (Å²) < 4.78 is 46.2. The van der Waals surface area contributed by atoms with Crippen LogP contribution in [-0.2, 0) is 9.24 Å². The van der Waals surface area contributed by atoms with Crippen LogP contribution < -0.4 is 0 Å². The molecule has 66 valence electrons. The van der Waals surface area contributed by atoms with Crippen molar-refractivity contribution < 1.29 is 17.2 Å². The van der Waals surface area contributed by atoms with Gasteiger partial charge >= 0.3 is 0 Å². The summed E-state index contributed by atoms with van der Waals surface area (Å²) in [4.78, 5) is 0. The predicted molar refractivity (Wildman–Crippen MR) is 35.9 cm³/mol. The average molecular weight is 206 g/mol. The first-order chi connectivity index (χ1) is 4.81. The summed E-state index contributed by atoms with van der Waals surface area (Å²) in [6.07, 6.45) is -0.445. The summed E-state index contributed by atoms with van der Waals surface area (Å²) in [6, 6.07) is 0. The summed E-state index contributed by atoms with van der Waals surface area (Å²) in [5.74, 6) is -2.91. The number of nitrogens with zero attached hydrogens (tertiary/aromatic N) is 1. The number of hydrogen-bond acceptors (Lipinski definition) is 2. The quantitative estimate of drug-likeness (QED) is 0.594. The van der Waals surface area contributed by atoms with Crippen LogP contribution in [-0.4, -0.2) is 31.7 Å². The second-order valence-corrected chi connectivity index (χ2v) is 4.89. The van der Waals surface area contributed by atoms with Gasteiger partial charge in [-0.1, -0.05) is 0 Å². The minimum absolute atomic E-state index is 0.196. The van der Waals surface area contributed by atoms with E-state index in [1.165, 1.54) is 0 Å². The van der Waals surface area contributed by atoms with Gasteiger partial charge in [0.15, 0.2) is 0 Å². The molecule has 0 unspecified atom stereocenters. The molecule has 0 radical (unpaired) electrons. The summed E-state index contributed by atoms with van der Waals surface area (Å²) >= 11 is 0. The molecule has 0 amide bonds. The maximum absolute atomic E-state index is 12.4. The molecule has 1 fully saturated rings.